The Morgan fingerprint density at radius 3 is 1.67 bits per heavy atom. The first-order chi connectivity index (χ1) is 2.64. The summed E-state index contributed by atoms with van der Waals surface area (Å²) in [7, 11) is 0. The van der Waals surface area contributed by atoms with E-state index >= 15 is 0 Å². The zero-order valence-corrected chi connectivity index (χ0v) is 4.18. The molecule has 0 aromatic heterocycles. The first kappa shape index (κ1) is 5.92. The summed E-state index contributed by atoms with van der Waals surface area (Å²) in [6.07, 6.45) is 0. The van der Waals surface area contributed by atoms with Gasteiger partial charge in [0.2, 0.25) is 11.6 Å². The second kappa shape index (κ2) is 2.16. The maximum Gasteiger partial charge on any atom is 0.482 e. The van der Waals surface area contributed by atoms with E-state index in [9.17, 15) is 9.59 Å². The molecule has 0 aliphatic carbocycles. The van der Waals surface area contributed by atoms with E-state index < -0.39 is 10.5 Å². The number of hydrogen-bond acceptors (Lipinski definition) is 2. The highest BCUT2D eigenvalue weighted by Gasteiger charge is 2.13. The molecule has 6 heavy (non-hydrogen) atoms. The number of carbonyl (C=O) groups is 2. The van der Waals surface area contributed by atoms with Crippen molar-refractivity contribution in [3.63, 3.8) is 0 Å². The summed E-state index contributed by atoms with van der Waals surface area (Å²) in [5.41, 5.74) is 0. The summed E-state index contributed by atoms with van der Waals surface area (Å²) in [5, 5.41) is -2.12. The Morgan fingerprint density at radius 1 is 1.50 bits per heavy atom. The van der Waals surface area contributed by atoms with Crippen LogP contribution in [0.15, 0.2) is 0 Å². The van der Waals surface area contributed by atoms with Gasteiger partial charge in [-0.1, -0.05) is 0 Å². The molecule has 0 rings (SSSR count). The second-order valence-corrected chi connectivity index (χ2v) is 1.28. The third-order valence-corrected chi connectivity index (χ3v) is 0.630. The second-order valence-electron chi connectivity index (χ2n) is 0.561. The molecule has 0 radical (unpaired) electrons. The van der Waals surface area contributed by atoms with E-state index in [4.69, 9.17) is 0 Å². The van der Waals surface area contributed by atoms with Crippen LogP contribution in [0.25, 0.3) is 0 Å². The molecule has 0 atom stereocenters. The van der Waals surface area contributed by atoms with E-state index in [0.717, 1.165) is 0 Å². The van der Waals surface area contributed by atoms with Crippen LogP contribution in [-0.4, -0.2) is 10.5 Å². The van der Waals surface area contributed by atoms with E-state index in [1.165, 1.54) is 0 Å². The highest BCUT2D eigenvalue weighted by Crippen LogP contribution is 1.76. The van der Waals surface area contributed by atoms with Crippen LogP contribution in [-0.2, 0) is 9.59 Å². The number of hydrogen-bond donors (Lipinski definition) is 0. The van der Waals surface area contributed by atoms with E-state index in [2.05, 4.69) is 23.2 Å². The minimum Gasteiger partial charge on any atom is -0.266 e. The Morgan fingerprint density at radius 2 is 1.67 bits per heavy atom. The molecule has 0 amide bonds. The lowest BCUT2D eigenvalue weighted by Gasteiger charge is -1.57. The molecule has 0 aliphatic rings. The summed E-state index contributed by atoms with van der Waals surface area (Å²) in [4.78, 5) is 18.9. The fourth-order valence-corrected chi connectivity index (χ4v) is 0. The van der Waals surface area contributed by atoms with Gasteiger partial charge in [-0.25, -0.2) is 4.79 Å². The van der Waals surface area contributed by atoms with E-state index in [0.29, 0.717) is 0 Å². The van der Waals surface area contributed by atoms with Gasteiger partial charge in [0, 0.05) is 0 Å². The van der Waals surface area contributed by atoms with Crippen molar-refractivity contribution < 1.29 is 21.2 Å². The van der Waals surface area contributed by atoms with Gasteiger partial charge in [-0.05, 0) is 11.6 Å². The minimum atomic E-state index is -1.09. The van der Waals surface area contributed by atoms with E-state index in [-0.39, 0.29) is 0 Å². The van der Waals surface area contributed by atoms with Crippen molar-refractivity contribution in [2.24, 2.45) is 0 Å². The minimum absolute atomic E-state index is 1.03. The summed E-state index contributed by atoms with van der Waals surface area (Å²) in [6, 6.07) is 0. The largest absolute Gasteiger partial charge is 0.482 e. The molecule has 0 aromatic carbocycles. The van der Waals surface area contributed by atoms with E-state index in [1.54, 1.807) is 0 Å². The zero-order chi connectivity index (χ0) is 5.15. The van der Waals surface area contributed by atoms with Crippen molar-refractivity contribution in [1.29, 1.82) is 0 Å². The molecular formula is C2HCl2O2+. The van der Waals surface area contributed by atoms with Crippen molar-refractivity contribution in [2.75, 3.05) is 0 Å². The highest BCUT2D eigenvalue weighted by molar-refractivity contribution is 6.79. The summed E-state index contributed by atoms with van der Waals surface area (Å²) in [5.74, 6) is 0. The van der Waals surface area contributed by atoms with Crippen molar-refractivity contribution in [3.05, 3.63) is 0 Å². The Hall–Kier alpha value is -0.0800. The normalized spacial score (nSPS) is 7.67. The van der Waals surface area contributed by atoms with Crippen LogP contribution in [0.2, 0.25) is 0 Å². The van der Waals surface area contributed by atoms with Crippen LogP contribution in [0, 0.1) is 11.6 Å². The van der Waals surface area contributed by atoms with Gasteiger partial charge in [-0.15, -0.1) is 0 Å². The molecule has 0 aliphatic heterocycles. The van der Waals surface area contributed by atoms with Crippen molar-refractivity contribution in [3.8, 4) is 0 Å². The molecule has 0 fully saturated rings. The molecule has 4 heteroatoms. The maximum atomic E-state index is 9.48. The Balaban J connectivity index is 3.57. The smallest absolute Gasteiger partial charge is 0.266 e. The van der Waals surface area contributed by atoms with Gasteiger partial charge in [0.25, 0.3) is 0 Å². The molecule has 0 unspecified atom stereocenters. The average Bonchev–Trinajstić information content (AvgIpc) is 1.36. The van der Waals surface area contributed by atoms with Gasteiger partial charge in [-0.3, -0.25) is 4.79 Å². The number of carbonyl (C=O) groups excluding carboxylic acids is 2. The SMILES string of the molecule is O=C(Cl)C(=O)[ClH+]. The Bertz CT molecular complexity index is 75.5. The first-order valence-corrected chi connectivity index (χ1v) is 1.84. The molecule has 0 saturated heterocycles. The quantitative estimate of drug-likeness (QED) is 0.354. The third-order valence-electron chi connectivity index (χ3n) is 0.160. The fourth-order valence-electron chi connectivity index (χ4n) is 0. The molecule has 0 bridgehead atoms. The summed E-state index contributed by atoms with van der Waals surface area (Å²) in [6.45, 7) is 0. The summed E-state index contributed by atoms with van der Waals surface area (Å²) < 4.78 is 0. The molecule has 2 nitrogen and oxygen atoms in total. The monoisotopic (exact) mass is 127 g/mol. The lowest BCUT2D eigenvalue weighted by molar-refractivity contribution is -0.298. The van der Waals surface area contributed by atoms with Crippen LogP contribution in [0.5, 0.6) is 0 Å². The lowest BCUT2D eigenvalue weighted by Crippen LogP contribution is -1.99. The van der Waals surface area contributed by atoms with Crippen LogP contribution in [0.1, 0.15) is 0 Å². The lowest BCUT2D eigenvalue weighted by atomic mass is 10.9. The standard InChI is InChI=1S/C2HCl2O2/c3-1(5)2(4)6/h3H/q+1. The predicted molar refractivity (Wildman–Crippen MR) is 17.3 cm³/mol. The Labute approximate surface area is 44.0 Å². The van der Waals surface area contributed by atoms with Crippen LogP contribution < -0.4 is 0 Å². The zero-order valence-electron chi connectivity index (χ0n) is 2.60. The molecule has 0 saturated carbocycles. The summed E-state index contributed by atoms with van der Waals surface area (Å²) >= 11 is 8.30. The van der Waals surface area contributed by atoms with Crippen molar-refractivity contribution in [1.82, 2.24) is 0 Å². The number of rotatable bonds is 1. The van der Waals surface area contributed by atoms with E-state index in [1.807, 2.05) is 0 Å². The average molecular weight is 128 g/mol. The molecule has 34 valence electrons. The predicted octanol–water partition coefficient (Wildman–Crippen LogP) is -0.440. The van der Waals surface area contributed by atoms with Crippen molar-refractivity contribution >= 4 is 22.1 Å². The van der Waals surface area contributed by atoms with Gasteiger partial charge < -0.3 is 0 Å². The number of halogens is 2. The Kier molecular flexibility index (Phi) is 2.13. The molecule has 0 aromatic rings. The fraction of sp³-hybridized carbons (Fsp3) is 0. The van der Waals surface area contributed by atoms with Gasteiger partial charge in [0.05, 0.1) is 0 Å². The van der Waals surface area contributed by atoms with Crippen LogP contribution in [0.4, 0.5) is 0 Å². The van der Waals surface area contributed by atoms with Gasteiger partial charge in [0.1, 0.15) is 0 Å². The highest BCUT2D eigenvalue weighted by atomic mass is 35.5. The van der Waals surface area contributed by atoms with Gasteiger partial charge in [-0.2, -0.15) is 0 Å². The molecule has 0 heterocycles. The maximum absolute atomic E-state index is 9.48. The van der Waals surface area contributed by atoms with Gasteiger partial charge >= 0.3 is 10.5 Å². The van der Waals surface area contributed by atoms with Gasteiger partial charge in [0.15, 0.2) is 0 Å². The molecule has 0 spiro atoms. The van der Waals surface area contributed by atoms with Crippen LogP contribution >= 0.6 is 11.6 Å². The van der Waals surface area contributed by atoms with Crippen LogP contribution in [0.3, 0.4) is 0 Å². The van der Waals surface area contributed by atoms with Crippen molar-refractivity contribution in [2.45, 2.75) is 0 Å². The molecule has 0 N–H and O–H groups in total. The molecular weight excluding hydrogens is 127 g/mol. The topological polar surface area (TPSA) is 34.1 Å². The first-order valence-electron chi connectivity index (χ1n) is 1.05. The third kappa shape index (κ3) is 2.18.